The van der Waals surface area contributed by atoms with E-state index in [1.807, 2.05) is 0 Å². The van der Waals surface area contributed by atoms with E-state index in [0.717, 1.165) is 13.0 Å². The molecule has 1 aromatic rings. The summed E-state index contributed by atoms with van der Waals surface area (Å²) in [6.07, 6.45) is 7.35. The van der Waals surface area contributed by atoms with Crippen molar-refractivity contribution < 1.29 is 4.74 Å². The highest BCUT2D eigenvalue weighted by Gasteiger charge is 2.12. The maximum atomic E-state index is 5.31. The lowest BCUT2D eigenvalue weighted by atomic mass is 9.98. The van der Waals surface area contributed by atoms with Crippen molar-refractivity contribution in [2.24, 2.45) is 4.99 Å². The van der Waals surface area contributed by atoms with Gasteiger partial charge in [-0.15, -0.1) is 0 Å². The molecule has 0 spiro atoms. The van der Waals surface area contributed by atoms with Crippen molar-refractivity contribution in [2.45, 2.75) is 44.6 Å². The molecule has 0 N–H and O–H groups in total. The van der Waals surface area contributed by atoms with Crippen molar-refractivity contribution >= 4 is 5.71 Å². The maximum absolute atomic E-state index is 5.31. The molecule has 1 aliphatic rings. The molecule has 0 amide bonds. The Kier molecular flexibility index (Phi) is 5.40. The van der Waals surface area contributed by atoms with Crippen LogP contribution in [0.3, 0.4) is 0 Å². The van der Waals surface area contributed by atoms with Crippen LogP contribution in [0.15, 0.2) is 35.3 Å². The van der Waals surface area contributed by atoms with E-state index in [9.17, 15) is 0 Å². The van der Waals surface area contributed by atoms with Gasteiger partial charge >= 0.3 is 0 Å². The van der Waals surface area contributed by atoms with Crippen LogP contribution in [0, 0.1) is 0 Å². The van der Waals surface area contributed by atoms with E-state index < -0.39 is 0 Å². The Hall–Kier alpha value is -1.15. The van der Waals surface area contributed by atoms with Gasteiger partial charge in [-0.1, -0.05) is 36.8 Å². The van der Waals surface area contributed by atoms with Gasteiger partial charge in [0.05, 0.1) is 12.6 Å². The second kappa shape index (κ2) is 7.32. The maximum Gasteiger partial charge on any atom is 0.0772 e. The minimum absolute atomic E-state index is 0.283. The summed E-state index contributed by atoms with van der Waals surface area (Å²) in [5.74, 6) is 0. The Morgan fingerprint density at radius 2 is 1.83 bits per heavy atom. The molecule has 2 heteroatoms. The molecule has 1 atom stereocenters. The molecule has 2 nitrogen and oxygen atoms in total. The van der Waals surface area contributed by atoms with Crippen molar-refractivity contribution in [2.75, 3.05) is 13.7 Å². The number of aliphatic imine (C=N–C) groups is 1. The number of ether oxygens (including phenoxy) is 1. The van der Waals surface area contributed by atoms with Gasteiger partial charge in [0.2, 0.25) is 0 Å². The molecular weight excluding hydrogens is 222 g/mol. The molecule has 0 heterocycles. The fourth-order valence-corrected chi connectivity index (χ4v) is 2.57. The van der Waals surface area contributed by atoms with Crippen molar-refractivity contribution in [3.8, 4) is 0 Å². The van der Waals surface area contributed by atoms with Gasteiger partial charge in [-0.25, -0.2) is 0 Å². The average molecular weight is 245 g/mol. The predicted molar refractivity (Wildman–Crippen MR) is 76.3 cm³/mol. The first kappa shape index (κ1) is 13.3. The van der Waals surface area contributed by atoms with E-state index in [0.29, 0.717) is 0 Å². The van der Waals surface area contributed by atoms with E-state index in [1.54, 1.807) is 7.11 Å². The van der Waals surface area contributed by atoms with E-state index in [1.165, 1.54) is 43.4 Å². The van der Waals surface area contributed by atoms with Gasteiger partial charge in [0, 0.05) is 12.8 Å². The van der Waals surface area contributed by atoms with Crippen molar-refractivity contribution in [3.05, 3.63) is 35.9 Å². The van der Waals surface area contributed by atoms with Crippen molar-refractivity contribution in [3.63, 3.8) is 0 Å². The highest BCUT2D eigenvalue weighted by molar-refractivity contribution is 5.85. The minimum atomic E-state index is 0.283. The van der Waals surface area contributed by atoms with Crippen LogP contribution >= 0.6 is 0 Å². The second-order valence-corrected chi connectivity index (χ2v) is 5.05. The zero-order valence-electron chi connectivity index (χ0n) is 11.3. The van der Waals surface area contributed by atoms with Gasteiger partial charge in [0.15, 0.2) is 0 Å². The lowest BCUT2D eigenvalue weighted by molar-refractivity contribution is 0.180. The third-order valence-corrected chi connectivity index (χ3v) is 3.47. The van der Waals surface area contributed by atoms with Gasteiger partial charge in [-0.05, 0) is 37.7 Å². The summed E-state index contributed by atoms with van der Waals surface area (Å²) in [4.78, 5) is 4.91. The highest BCUT2D eigenvalue weighted by Crippen LogP contribution is 2.17. The zero-order chi connectivity index (χ0) is 12.6. The first-order chi connectivity index (χ1) is 8.88. The Morgan fingerprint density at radius 1 is 1.11 bits per heavy atom. The van der Waals surface area contributed by atoms with Gasteiger partial charge in [0.25, 0.3) is 0 Å². The van der Waals surface area contributed by atoms with Gasteiger partial charge < -0.3 is 4.74 Å². The van der Waals surface area contributed by atoms with Crippen LogP contribution < -0.4 is 0 Å². The molecule has 1 fully saturated rings. The van der Waals surface area contributed by atoms with E-state index >= 15 is 0 Å². The smallest absolute Gasteiger partial charge is 0.0772 e. The topological polar surface area (TPSA) is 21.6 Å². The fourth-order valence-electron chi connectivity index (χ4n) is 2.57. The largest absolute Gasteiger partial charge is 0.382 e. The Labute approximate surface area is 110 Å². The molecule has 2 rings (SSSR count). The van der Waals surface area contributed by atoms with Gasteiger partial charge in [-0.2, -0.15) is 0 Å². The summed E-state index contributed by atoms with van der Waals surface area (Å²) in [6.45, 7) is 0.721. The lowest BCUT2D eigenvalue weighted by Crippen LogP contribution is -2.19. The van der Waals surface area contributed by atoms with E-state index in [2.05, 4.69) is 30.3 Å². The average Bonchev–Trinajstić information content (AvgIpc) is 2.41. The van der Waals surface area contributed by atoms with Crippen LogP contribution in [0.5, 0.6) is 0 Å². The second-order valence-electron chi connectivity index (χ2n) is 5.05. The van der Waals surface area contributed by atoms with E-state index in [4.69, 9.17) is 9.73 Å². The van der Waals surface area contributed by atoms with Crippen molar-refractivity contribution in [1.82, 2.24) is 0 Å². The number of rotatable bonds is 5. The molecule has 1 saturated carbocycles. The summed E-state index contributed by atoms with van der Waals surface area (Å²) in [5, 5.41) is 0. The molecule has 18 heavy (non-hydrogen) atoms. The number of hydrogen-bond donors (Lipinski definition) is 0. The number of benzene rings is 1. The van der Waals surface area contributed by atoms with E-state index in [-0.39, 0.29) is 6.04 Å². The molecule has 98 valence electrons. The van der Waals surface area contributed by atoms with Crippen LogP contribution in [0.25, 0.3) is 0 Å². The van der Waals surface area contributed by atoms with Crippen LogP contribution in [0.4, 0.5) is 0 Å². The SMILES string of the molecule is COC[C@@H](Cc1ccccc1)N=C1CCCCC1. The van der Waals surface area contributed by atoms with Gasteiger partial charge in [-0.3, -0.25) is 4.99 Å². The summed E-state index contributed by atoms with van der Waals surface area (Å²) < 4.78 is 5.31. The van der Waals surface area contributed by atoms with Crippen LogP contribution in [-0.4, -0.2) is 25.5 Å². The molecular formula is C16H23NO. The molecule has 0 saturated heterocycles. The lowest BCUT2D eigenvalue weighted by Gasteiger charge is -2.17. The quantitative estimate of drug-likeness (QED) is 0.776. The molecule has 0 aromatic heterocycles. The normalized spacial score (nSPS) is 17.5. The first-order valence-electron chi connectivity index (χ1n) is 6.97. The Bertz CT molecular complexity index is 364. The summed E-state index contributed by atoms with van der Waals surface area (Å²) in [7, 11) is 1.76. The summed E-state index contributed by atoms with van der Waals surface area (Å²) >= 11 is 0. The number of nitrogens with zero attached hydrogens (tertiary/aromatic N) is 1. The van der Waals surface area contributed by atoms with Gasteiger partial charge in [0.1, 0.15) is 0 Å². The fraction of sp³-hybridized carbons (Fsp3) is 0.562. The molecule has 1 aromatic carbocycles. The van der Waals surface area contributed by atoms with Crippen molar-refractivity contribution in [1.29, 1.82) is 0 Å². The minimum Gasteiger partial charge on any atom is -0.382 e. The third kappa shape index (κ3) is 4.26. The summed E-state index contributed by atoms with van der Waals surface area (Å²) in [6, 6.07) is 10.9. The first-order valence-corrected chi connectivity index (χ1v) is 6.97. The Morgan fingerprint density at radius 3 is 2.50 bits per heavy atom. The standard InChI is InChI=1S/C16H23NO/c1-18-13-16(12-14-8-4-2-5-9-14)17-15-10-6-3-7-11-15/h2,4-5,8-9,16H,3,6-7,10-13H2,1H3/t16-/m1/s1. The zero-order valence-corrected chi connectivity index (χ0v) is 11.3. The third-order valence-electron chi connectivity index (χ3n) is 3.47. The highest BCUT2D eigenvalue weighted by atomic mass is 16.5. The predicted octanol–water partition coefficient (Wildman–Crippen LogP) is 3.65. The van der Waals surface area contributed by atoms with Crippen LogP contribution in [-0.2, 0) is 11.2 Å². The molecule has 0 aliphatic heterocycles. The molecule has 0 bridgehead atoms. The summed E-state index contributed by atoms with van der Waals surface area (Å²) in [5.41, 5.74) is 2.75. The molecule has 1 aliphatic carbocycles. The van der Waals surface area contributed by atoms with Crippen LogP contribution in [0.2, 0.25) is 0 Å². The number of methoxy groups -OCH3 is 1. The Balaban J connectivity index is 1.99. The van der Waals surface area contributed by atoms with Crippen LogP contribution in [0.1, 0.15) is 37.7 Å². The molecule has 0 unspecified atom stereocenters. The molecule has 0 radical (unpaired) electrons. The number of hydrogen-bond acceptors (Lipinski definition) is 2. The monoisotopic (exact) mass is 245 g/mol.